The molecule has 1 aliphatic heterocycles. The van der Waals surface area contributed by atoms with Crippen LogP contribution in [0.1, 0.15) is 38.6 Å². The summed E-state index contributed by atoms with van der Waals surface area (Å²) in [4.78, 5) is 23.1. The van der Waals surface area contributed by atoms with Crippen LogP contribution in [-0.4, -0.2) is 45.8 Å². The summed E-state index contributed by atoms with van der Waals surface area (Å²) < 4.78 is 26.1. The largest absolute Gasteiger partial charge is 0.469 e. The molecule has 172 valence electrons. The summed E-state index contributed by atoms with van der Waals surface area (Å²) in [5.74, 6) is 0.282. The molecule has 3 heterocycles. The molecule has 0 radical (unpaired) electrons. The number of benzene rings is 1. The van der Waals surface area contributed by atoms with Crippen molar-refractivity contribution < 1.29 is 18.7 Å². The van der Waals surface area contributed by atoms with E-state index in [1.54, 1.807) is 0 Å². The highest BCUT2D eigenvalue weighted by atomic mass is 35.5. The van der Waals surface area contributed by atoms with E-state index in [9.17, 15) is 9.18 Å². The molecular formula is C22H27ClFN5O3. The highest BCUT2D eigenvalue weighted by Crippen LogP contribution is 2.31. The number of methoxy groups -OCH3 is 1. The Labute approximate surface area is 190 Å². The molecule has 8 nitrogen and oxygen atoms in total. The van der Waals surface area contributed by atoms with E-state index in [1.165, 1.54) is 19.4 Å². The standard InChI is InChI=1S/C15H15ClFN5.C7H12O3/c1-7(2)22-8(3)20-14-11(17)4-9(5-12(14)22)13-10(16)6-19-15(18)21-13;1-9-7(8)6-3-2-4-10-5-6/h4-7H,1-3H3,(H2,18,19,21);6H,2-5H2,1H3. The van der Waals surface area contributed by atoms with Crippen molar-refractivity contribution in [3.63, 3.8) is 0 Å². The molecule has 1 atom stereocenters. The van der Waals surface area contributed by atoms with Crippen molar-refractivity contribution >= 4 is 34.6 Å². The van der Waals surface area contributed by atoms with E-state index >= 15 is 0 Å². The van der Waals surface area contributed by atoms with Crippen LogP contribution in [0.2, 0.25) is 5.02 Å². The van der Waals surface area contributed by atoms with Gasteiger partial charge in [-0.3, -0.25) is 4.79 Å². The quantitative estimate of drug-likeness (QED) is 0.576. The number of hydrogen-bond acceptors (Lipinski definition) is 7. The van der Waals surface area contributed by atoms with Crippen molar-refractivity contribution in [3.8, 4) is 11.3 Å². The molecule has 1 unspecified atom stereocenters. The van der Waals surface area contributed by atoms with Gasteiger partial charge in [0.05, 0.1) is 42.1 Å². The van der Waals surface area contributed by atoms with Crippen LogP contribution < -0.4 is 5.73 Å². The lowest BCUT2D eigenvalue weighted by Crippen LogP contribution is -2.25. The summed E-state index contributed by atoms with van der Waals surface area (Å²) in [6, 6.07) is 3.35. The molecule has 1 fully saturated rings. The van der Waals surface area contributed by atoms with Crippen LogP contribution in [0.3, 0.4) is 0 Å². The summed E-state index contributed by atoms with van der Waals surface area (Å²) >= 11 is 6.12. The number of fused-ring (bicyclic) bond motifs is 1. The van der Waals surface area contributed by atoms with Gasteiger partial charge in [-0.05, 0) is 45.7 Å². The minimum absolute atomic E-state index is 0.0150. The molecule has 0 saturated carbocycles. The molecule has 1 saturated heterocycles. The Morgan fingerprint density at radius 1 is 1.38 bits per heavy atom. The van der Waals surface area contributed by atoms with Gasteiger partial charge in [-0.2, -0.15) is 0 Å². The summed E-state index contributed by atoms with van der Waals surface area (Å²) in [5, 5.41) is 0.320. The highest BCUT2D eigenvalue weighted by molar-refractivity contribution is 6.33. The molecule has 1 aliphatic rings. The van der Waals surface area contributed by atoms with Crippen molar-refractivity contribution in [3.05, 3.63) is 35.0 Å². The van der Waals surface area contributed by atoms with Crippen molar-refractivity contribution in [1.82, 2.24) is 19.5 Å². The molecule has 1 aromatic carbocycles. The normalized spacial score (nSPS) is 16.0. The van der Waals surface area contributed by atoms with Crippen LogP contribution in [0, 0.1) is 18.7 Å². The zero-order chi connectivity index (χ0) is 23.4. The topological polar surface area (TPSA) is 105 Å². The lowest BCUT2D eigenvalue weighted by Gasteiger charge is -2.19. The number of halogens is 2. The van der Waals surface area contributed by atoms with Crippen molar-refractivity contribution in [1.29, 1.82) is 0 Å². The Balaban J connectivity index is 0.000000243. The number of ether oxygens (including phenoxy) is 2. The predicted molar refractivity (Wildman–Crippen MR) is 121 cm³/mol. The number of anilines is 1. The van der Waals surface area contributed by atoms with E-state index in [2.05, 4.69) is 19.7 Å². The van der Waals surface area contributed by atoms with Crippen molar-refractivity contribution in [2.24, 2.45) is 5.92 Å². The minimum atomic E-state index is -0.414. The zero-order valence-electron chi connectivity index (χ0n) is 18.6. The second-order valence-electron chi connectivity index (χ2n) is 7.81. The molecule has 3 aromatic rings. The SMILES string of the molecule is COC(=O)C1CCCOC1.Cc1nc2c(F)cc(-c3nc(N)ncc3Cl)cc2n1C(C)C. The highest BCUT2D eigenvalue weighted by Gasteiger charge is 2.22. The molecule has 32 heavy (non-hydrogen) atoms. The number of nitrogen functional groups attached to an aromatic ring is 1. The first-order chi connectivity index (χ1) is 15.2. The number of imidazole rings is 1. The van der Waals surface area contributed by atoms with E-state index in [0.717, 1.165) is 25.3 Å². The van der Waals surface area contributed by atoms with Crippen LogP contribution in [0.4, 0.5) is 10.3 Å². The number of nitrogens with two attached hydrogens (primary N) is 1. The average molecular weight is 464 g/mol. The van der Waals surface area contributed by atoms with E-state index in [4.69, 9.17) is 22.1 Å². The summed E-state index contributed by atoms with van der Waals surface area (Å²) in [7, 11) is 1.41. The number of esters is 1. The smallest absolute Gasteiger partial charge is 0.311 e. The first-order valence-electron chi connectivity index (χ1n) is 10.3. The molecule has 0 amide bonds. The van der Waals surface area contributed by atoms with E-state index in [0.29, 0.717) is 33.9 Å². The number of carbonyl (C=O) groups excluding carboxylic acids is 1. The average Bonchev–Trinajstić information content (AvgIpc) is 3.12. The molecule has 0 spiro atoms. The van der Waals surface area contributed by atoms with Gasteiger partial charge < -0.3 is 19.8 Å². The fraction of sp³-hybridized carbons (Fsp3) is 0.455. The van der Waals surface area contributed by atoms with Gasteiger partial charge in [-0.15, -0.1) is 0 Å². The van der Waals surface area contributed by atoms with Gasteiger partial charge in [-0.25, -0.2) is 19.3 Å². The van der Waals surface area contributed by atoms with Crippen LogP contribution in [0.15, 0.2) is 18.3 Å². The number of nitrogens with zero attached hydrogens (tertiary/aromatic N) is 4. The molecule has 10 heteroatoms. The number of aryl methyl sites for hydroxylation is 1. The maximum absolute atomic E-state index is 14.4. The van der Waals surface area contributed by atoms with Crippen LogP contribution >= 0.6 is 11.6 Å². The molecule has 0 bridgehead atoms. The Morgan fingerprint density at radius 3 is 2.75 bits per heavy atom. The van der Waals surface area contributed by atoms with E-state index in [1.807, 2.05) is 31.4 Å². The maximum atomic E-state index is 14.4. The lowest BCUT2D eigenvalue weighted by atomic mass is 10.0. The van der Waals surface area contributed by atoms with E-state index in [-0.39, 0.29) is 23.9 Å². The van der Waals surface area contributed by atoms with Gasteiger partial charge in [0.25, 0.3) is 0 Å². The fourth-order valence-corrected chi connectivity index (χ4v) is 3.93. The maximum Gasteiger partial charge on any atom is 0.311 e. The zero-order valence-corrected chi connectivity index (χ0v) is 19.3. The van der Waals surface area contributed by atoms with Gasteiger partial charge in [0.1, 0.15) is 11.3 Å². The molecule has 0 aliphatic carbocycles. The van der Waals surface area contributed by atoms with Gasteiger partial charge in [0, 0.05) is 18.2 Å². The number of aromatic nitrogens is 4. The van der Waals surface area contributed by atoms with Crippen LogP contribution in [-0.2, 0) is 14.3 Å². The van der Waals surface area contributed by atoms with Gasteiger partial charge in [0.2, 0.25) is 5.95 Å². The van der Waals surface area contributed by atoms with Gasteiger partial charge >= 0.3 is 5.97 Å². The molecule has 4 rings (SSSR count). The predicted octanol–water partition coefficient (Wildman–Crippen LogP) is 4.34. The van der Waals surface area contributed by atoms with Crippen molar-refractivity contribution in [2.45, 2.75) is 39.7 Å². The third-order valence-electron chi connectivity index (χ3n) is 5.17. The van der Waals surface area contributed by atoms with Crippen LogP contribution in [0.25, 0.3) is 22.3 Å². The first-order valence-corrected chi connectivity index (χ1v) is 10.7. The Bertz CT molecular complexity index is 1110. The monoisotopic (exact) mass is 463 g/mol. The van der Waals surface area contributed by atoms with Gasteiger partial charge in [-0.1, -0.05) is 11.6 Å². The second kappa shape index (κ2) is 10.2. The van der Waals surface area contributed by atoms with Gasteiger partial charge in [0.15, 0.2) is 5.82 Å². The Hall–Kier alpha value is -2.78. The number of carbonyl (C=O) groups is 1. The third-order valence-corrected chi connectivity index (χ3v) is 5.45. The molecular weight excluding hydrogens is 437 g/mol. The summed E-state index contributed by atoms with van der Waals surface area (Å²) in [6.45, 7) is 7.22. The molecule has 2 N–H and O–H groups in total. The number of hydrogen-bond donors (Lipinski definition) is 1. The lowest BCUT2D eigenvalue weighted by molar-refractivity contribution is -0.149. The minimum Gasteiger partial charge on any atom is -0.469 e. The third kappa shape index (κ3) is 5.16. The summed E-state index contributed by atoms with van der Waals surface area (Å²) in [6.07, 6.45) is 3.29. The van der Waals surface area contributed by atoms with Crippen LogP contribution in [0.5, 0.6) is 0 Å². The second-order valence-corrected chi connectivity index (χ2v) is 8.22. The van der Waals surface area contributed by atoms with Crippen molar-refractivity contribution in [2.75, 3.05) is 26.1 Å². The Kier molecular flexibility index (Phi) is 7.63. The van der Waals surface area contributed by atoms with E-state index < -0.39 is 5.82 Å². The summed E-state index contributed by atoms with van der Waals surface area (Å²) in [5.41, 5.74) is 7.60. The molecule has 2 aromatic heterocycles. The Morgan fingerprint density at radius 2 is 2.12 bits per heavy atom. The first kappa shape index (κ1) is 23.9. The fourth-order valence-electron chi connectivity index (χ4n) is 3.73. The number of rotatable bonds is 3.